The average molecular weight is 316 g/mol. The molecule has 2 aromatic rings. The Kier molecular flexibility index (Phi) is 5.07. The zero-order valence-electron chi connectivity index (χ0n) is 11.9. The van der Waals surface area contributed by atoms with Crippen LogP contribution in [0.25, 0.3) is 0 Å². The SMILES string of the molecule is CC(=O)CC(=O)Nc1ccc(C(=O)c2ccc(Cl)cc2)cc1. The molecule has 0 saturated heterocycles. The first-order chi connectivity index (χ1) is 10.5. The molecule has 1 amide bonds. The number of amides is 1. The minimum absolute atomic E-state index is 0.127. The van der Waals surface area contributed by atoms with Crippen molar-refractivity contribution < 1.29 is 14.4 Å². The van der Waals surface area contributed by atoms with E-state index in [1.165, 1.54) is 6.92 Å². The summed E-state index contributed by atoms with van der Waals surface area (Å²) in [5.74, 6) is -0.699. The van der Waals surface area contributed by atoms with Gasteiger partial charge < -0.3 is 5.32 Å². The second-order valence-electron chi connectivity index (χ2n) is 4.84. The number of hydrogen-bond acceptors (Lipinski definition) is 3. The Morgan fingerprint density at radius 1 is 0.909 bits per heavy atom. The lowest BCUT2D eigenvalue weighted by molar-refractivity contribution is -0.124. The number of halogens is 1. The predicted octanol–water partition coefficient (Wildman–Crippen LogP) is 3.49. The Morgan fingerprint density at radius 3 is 1.91 bits per heavy atom. The molecule has 0 radical (unpaired) electrons. The molecule has 0 unspecified atom stereocenters. The lowest BCUT2D eigenvalue weighted by Gasteiger charge is -2.06. The molecule has 0 aliphatic carbocycles. The third-order valence-corrected chi connectivity index (χ3v) is 3.20. The molecule has 112 valence electrons. The normalized spacial score (nSPS) is 10.1. The Morgan fingerprint density at radius 2 is 1.41 bits per heavy atom. The number of anilines is 1. The summed E-state index contributed by atoms with van der Waals surface area (Å²) in [6, 6.07) is 13.1. The summed E-state index contributed by atoms with van der Waals surface area (Å²) in [5, 5.41) is 3.17. The van der Waals surface area contributed by atoms with E-state index in [-0.39, 0.29) is 23.9 Å². The molecular weight excluding hydrogens is 302 g/mol. The van der Waals surface area contributed by atoms with E-state index in [9.17, 15) is 14.4 Å². The summed E-state index contributed by atoms with van der Waals surface area (Å²) in [7, 11) is 0. The van der Waals surface area contributed by atoms with Crippen molar-refractivity contribution in [3.8, 4) is 0 Å². The number of rotatable bonds is 5. The van der Waals surface area contributed by atoms with E-state index < -0.39 is 0 Å². The number of carbonyl (C=O) groups excluding carboxylic acids is 3. The quantitative estimate of drug-likeness (QED) is 0.678. The van der Waals surface area contributed by atoms with Gasteiger partial charge in [-0.2, -0.15) is 0 Å². The van der Waals surface area contributed by atoms with Crippen LogP contribution in [0.15, 0.2) is 48.5 Å². The largest absolute Gasteiger partial charge is 0.326 e. The summed E-state index contributed by atoms with van der Waals surface area (Å²) in [4.78, 5) is 34.6. The zero-order chi connectivity index (χ0) is 16.1. The fourth-order valence-electron chi connectivity index (χ4n) is 1.90. The average Bonchev–Trinajstić information content (AvgIpc) is 2.47. The maximum Gasteiger partial charge on any atom is 0.231 e. The molecule has 2 aromatic carbocycles. The van der Waals surface area contributed by atoms with Gasteiger partial charge in [-0.3, -0.25) is 14.4 Å². The molecule has 0 spiro atoms. The highest BCUT2D eigenvalue weighted by atomic mass is 35.5. The van der Waals surface area contributed by atoms with Gasteiger partial charge in [-0.1, -0.05) is 11.6 Å². The molecule has 1 N–H and O–H groups in total. The van der Waals surface area contributed by atoms with Gasteiger partial charge in [0.2, 0.25) is 5.91 Å². The second kappa shape index (κ2) is 7.00. The molecule has 5 heteroatoms. The topological polar surface area (TPSA) is 63.2 Å². The molecule has 2 rings (SSSR count). The van der Waals surface area contributed by atoms with Crippen LogP contribution in [-0.2, 0) is 9.59 Å². The van der Waals surface area contributed by atoms with E-state index in [1.807, 2.05) is 0 Å². The number of nitrogens with one attached hydrogen (secondary N) is 1. The first kappa shape index (κ1) is 15.9. The van der Waals surface area contributed by atoms with Crippen LogP contribution in [0.4, 0.5) is 5.69 Å². The molecule has 0 aliphatic heterocycles. The van der Waals surface area contributed by atoms with Crippen molar-refractivity contribution in [1.29, 1.82) is 0 Å². The van der Waals surface area contributed by atoms with Gasteiger partial charge in [-0.25, -0.2) is 0 Å². The maximum atomic E-state index is 12.3. The third-order valence-electron chi connectivity index (χ3n) is 2.95. The van der Waals surface area contributed by atoms with Gasteiger partial charge in [-0.05, 0) is 55.5 Å². The van der Waals surface area contributed by atoms with E-state index >= 15 is 0 Å². The molecule has 22 heavy (non-hydrogen) atoms. The lowest BCUT2D eigenvalue weighted by Crippen LogP contribution is -2.14. The van der Waals surface area contributed by atoms with Crippen LogP contribution in [0.3, 0.4) is 0 Å². The summed E-state index contributed by atoms with van der Waals surface area (Å²) in [6.07, 6.45) is -0.161. The summed E-state index contributed by atoms with van der Waals surface area (Å²) in [5.41, 5.74) is 1.59. The number of benzene rings is 2. The van der Waals surface area contributed by atoms with Crippen molar-refractivity contribution in [2.45, 2.75) is 13.3 Å². The van der Waals surface area contributed by atoms with E-state index in [4.69, 9.17) is 11.6 Å². The van der Waals surface area contributed by atoms with E-state index in [1.54, 1.807) is 48.5 Å². The van der Waals surface area contributed by atoms with Crippen molar-refractivity contribution >= 4 is 34.8 Å². The molecule has 0 atom stereocenters. The molecular formula is C17H14ClNO3. The van der Waals surface area contributed by atoms with Crippen LogP contribution in [0, 0.1) is 0 Å². The highest BCUT2D eigenvalue weighted by molar-refractivity contribution is 6.30. The summed E-state index contributed by atoms with van der Waals surface area (Å²) in [6.45, 7) is 1.35. The highest BCUT2D eigenvalue weighted by Crippen LogP contribution is 2.16. The fraction of sp³-hybridized carbons (Fsp3) is 0.118. The van der Waals surface area contributed by atoms with Crippen LogP contribution in [-0.4, -0.2) is 17.5 Å². The second-order valence-corrected chi connectivity index (χ2v) is 5.28. The van der Waals surface area contributed by atoms with Gasteiger partial charge in [0.1, 0.15) is 5.78 Å². The van der Waals surface area contributed by atoms with E-state index in [0.29, 0.717) is 21.8 Å². The van der Waals surface area contributed by atoms with Crippen molar-refractivity contribution in [2.75, 3.05) is 5.32 Å². The van der Waals surface area contributed by atoms with Gasteiger partial charge in [0.25, 0.3) is 0 Å². The standard InChI is InChI=1S/C17H14ClNO3/c1-11(20)10-16(21)19-15-8-4-13(5-9-15)17(22)12-2-6-14(18)7-3-12/h2-9H,10H2,1H3,(H,19,21). The van der Waals surface area contributed by atoms with Gasteiger partial charge in [0, 0.05) is 21.8 Å². The number of carbonyl (C=O) groups is 3. The molecule has 0 saturated carbocycles. The number of Topliss-reactive ketones (excluding diaryl/α,β-unsaturated/α-hetero) is 1. The van der Waals surface area contributed by atoms with Crippen molar-refractivity contribution in [3.05, 3.63) is 64.7 Å². The van der Waals surface area contributed by atoms with Crippen molar-refractivity contribution in [1.82, 2.24) is 0 Å². The molecule has 0 bridgehead atoms. The minimum Gasteiger partial charge on any atom is -0.326 e. The van der Waals surface area contributed by atoms with Gasteiger partial charge in [0.15, 0.2) is 5.78 Å². The fourth-order valence-corrected chi connectivity index (χ4v) is 2.03. The summed E-state index contributed by atoms with van der Waals surface area (Å²) < 4.78 is 0. The Hall–Kier alpha value is -2.46. The number of ketones is 2. The van der Waals surface area contributed by atoms with Crippen LogP contribution in [0.5, 0.6) is 0 Å². The molecule has 0 aliphatic rings. The third kappa shape index (κ3) is 4.27. The zero-order valence-corrected chi connectivity index (χ0v) is 12.7. The Labute approximate surface area is 133 Å². The molecule has 0 fully saturated rings. The monoisotopic (exact) mass is 315 g/mol. The van der Waals surface area contributed by atoms with Crippen LogP contribution >= 0.6 is 11.6 Å². The molecule has 0 aromatic heterocycles. The predicted molar refractivity (Wildman–Crippen MR) is 85.3 cm³/mol. The van der Waals surface area contributed by atoms with Crippen LogP contribution in [0.1, 0.15) is 29.3 Å². The first-order valence-corrected chi connectivity index (χ1v) is 7.03. The minimum atomic E-state index is -0.371. The summed E-state index contributed by atoms with van der Waals surface area (Å²) >= 11 is 5.79. The van der Waals surface area contributed by atoms with Gasteiger partial charge in [0.05, 0.1) is 6.42 Å². The smallest absolute Gasteiger partial charge is 0.231 e. The van der Waals surface area contributed by atoms with Crippen LogP contribution < -0.4 is 5.32 Å². The van der Waals surface area contributed by atoms with Crippen LogP contribution in [0.2, 0.25) is 5.02 Å². The van der Waals surface area contributed by atoms with E-state index in [0.717, 1.165) is 0 Å². The Bertz CT molecular complexity index is 706. The highest BCUT2D eigenvalue weighted by Gasteiger charge is 2.10. The van der Waals surface area contributed by atoms with Crippen molar-refractivity contribution in [2.24, 2.45) is 0 Å². The Balaban J connectivity index is 2.08. The van der Waals surface area contributed by atoms with Crippen molar-refractivity contribution in [3.63, 3.8) is 0 Å². The lowest BCUT2D eigenvalue weighted by atomic mass is 10.0. The number of hydrogen-bond donors (Lipinski definition) is 1. The van der Waals surface area contributed by atoms with Gasteiger partial charge in [-0.15, -0.1) is 0 Å². The maximum absolute atomic E-state index is 12.3. The molecule has 4 nitrogen and oxygen atoms in total. The molecule has 0 heterocycles. The van der Waals surface area contributed by atoms with E-state index in [2.05, 4.69) is 5.32 Å². The first-order valence-electron chi connectivity index (χ1n) is 6.65. The van der Waals surface area contributed by atoms with Gasteiger partial charge >= 0.3 is 0 Å².